The number of benzene rings is 1. The second kappa shape index (κ2) is 4.84. The van der Waals surface area contributed by atoms with Gasteiger partial charge in [-0.05, 0) is 31.2 Å². The van der Waals surface area contributed by atoms with Crippen molar-refractivity contribution < 1.29 is 9.21 Å². The zero-order valence-corrected chi connectivity index (χ0v) is 10.1. The summed E-state index contributed by atoms with van der Waals surface area (Å²) in [4.78, 5) is 13.7. The number of furan rings is 1. The number of hydrogen-bond acceptors (Lipinski definition) is 3. The van der Waals surface area contributed by atoms with Crippen LogP contribution >= 0.6 is 0 Å². The highest BCUT2D eigenvalue weighted by Crippen LogP contribution is 2.22. The number of fused-ring (bicyclic) bond motifs is 1. The molecular formula is C14H14N2O2. The molecule has 18 heavy (non-hydrogen) atoms. The van der Waals surface area contributed by atoms with Gasteiger partial charge in [-0.25, -0.2) is 0 Å². The van der Waals surface area contributed by atoms with Gasteiger partial charge in [0.25, 0.3) is 5.91 Å². The molecule has 2 rings (SSSR count). The molecule has 4 nitrogen and oxygen atoms in total. The molecule has 0 radical (unpaired) electrons. The summed E-state index contributed by atoms with van der Waals surface area (Å²) in [5.74, 6) is 2.54. The van der Waals surface area contributed by atoms with E-state index in [1.807, 2.05) is 6.92 Å². The highest BCUT2D eigenvalue weighted by molar-refractivity contribution is 5.96. The number of nitrogens with two attached hydrogens (primary N) is 1. The Kier molecular flexibility index (Phi) is 3.24. The predicted octanol–water partition coefficient (Wildman–Crippen LogP) is 2.11. The summed E-state index contributed by atoms with van der Waals surface area (Å²) in [6.07, 6.45) is 5.22. The maximum absolute atomic E-state index is 12.1. The lowest BCUT2D eigenvalue weighted by atomic mass is 10.2. The Morgan fingerprint density at radius 2 is 2.28 bits per heavy atom. The lowest BCUT2D eigenvalue weighted by Gasteiger charge is -2.15. The van der Waals surface area contributed by atoms with Crippen LogP contribution in [0.1, 0.15) is 17.5 Å². The topological polar surface area (TPSA) is 59.5 Å². The minimum Gasteiger partial charge on any atom is -0.451 e. The number of carbonyl (C=O) groups is 1. The zero-order valence-electron chi connectivity index (χ0n) is 10.1. The highest BCUT2D eigenvalue weighted by atomic mass is 16.3. The summed E-state index contributed by atoms with van der Waals surface area (Å²) >= 11 is 0. The summed E-state index contributed by atoms with van der Waals surface area (Å²) in [7, 11) is 0. The molecule has 0 atom stereocenters. The fourth-order valence-electron chi connectivity index (χ4n) is 1.76. The smallest absolute Gasteiger partial charge is 0.290 e. The molecule has 0 saturated carbocycles. The van der Waals surface area contributed by atoms with Crippen molar-refractivity contribution >= 4 is 22.6 Å². The number of amides is 1. The van der Waals surface area contributed by atoms with Crippen LogP contribution < -0.4 is 5.73 Å². The Bertz CT molecular complexity index is 622. The molecule has 0 saturated heterocycles. The first-order chi connectivity index (χ1) is 8.65. The minimum absolute atomic E-state index is 0.203. The van der Waals surface area contributed by atoms with Crippen LogP contribution in [0.2, 0.25) is 0 Å². The third kappa shape index (κ3) is 2.16. The van der Waals surface area contributed by atoms with Gasteiger partial charge >= 0.3 is 0 Å². The van der Waals surface area contributed by atoms with Crippen molar-refractivity contribution in [3.05, 3.63) is 30.0 Å². The average molecular weight is 242 g/mol. The number of nitrogen functional groups attached to an aromatic ring is 1. The lowest BCUT2D eigenvalue weighted by molar-refractivity contribution is 0.0755. The van der Waals surface area contributed by atoms with Crippen molar-refractivity contribution in [1.29, 1.82) is 0 Å². The molecule has 4 heteroatoms. The highest BCUT2D eigenvalue weighted by Gasteiger charge is 2.17. The molecule has 2 aromatic rings. The molecule has 0 aliphatic heterocycles. The van der Waals surface area contributed by atoms with E-state index >= 15 is 0 Å². The Balaban J connectivity index is 2.36. The molecule has 0 aliphatic rings. The molecule has 0 spiro atoms. The molecule has 1 aromatic carbocycles. The Labute approximate surface area is 105 Å². The van der Waals surface area contributed by atoms with Crippen LogP contribution in [0.15, 0.2) is 28.7 Å². The van der Waals surface area contributed by atoms with Gasteiger partial charge in [0.2, 0.25) is 0 Å². The molecule has 92 valence electrons. The van der Waals surface area contributed by atoms with Crippen molar-refractivity contribution in [2.75, 3.05) is 18.8 Å². The molecule has 0 unspecified atom stereocenters. The molecule has 1 aromatic heterocycles. The van der Waals surface area contributed by atoms with Gasteiger partial charge in [-0.2, -0.15) is 0 Å². The Hall–Kier alpha value is -2.41. The maximum Gasteiger partial charge on any atom is 0.290 e. The fraction of sp³-hybridized carbons (Fsp3) is 0.214. The number of rotatable bonds is 3. The quantitative estimate of drug-likeness (QED) is 0.662. The van der Waals surface area contributed by atoms with Crippen LogP contribution in [0.4, 0.5) is 5.69 Å². The van der Waals surface area contributed by atoms with Gasteiger partial charge in [0.05, 0.1) is 6.54 Å². The van der Waals surface area contributed by atoms with E-state index in [0.717, 1.165) is 5.39 Å². The third-order valence-corrected chi connectivity index (χ3v) is 2.70. The summed E-state index contributed by atoms with van der Waals surface area (Å²) in [6.45, 7) is 2.69. The second-order valence-corrected chi connectivity index (χ2v) is 3.93. The summed E-state index contributed by atoms with van der Waals surface area (Å²) in [5.41, 5.74) is 6.96. The van der Waals surface area contributed by atoms with Crippen molar-refractivity contribution in [1.82, 2.24) is 4.90 Å². The largest absolute Gasteiger partial charge is 0.451 e. The van der Waals surface area contributed by atoms with Crippen LogP contribution in [-0.2, 0) is 0 Å². The van der Waals surface area contributed by atoms with Crippen molar-refractivity contribution in [2.45, 2.75) is 6.92 Å². The van der Waals surface area contributed by atoms with E-state index in [0.29, 0.717) is 17.8 Å². The van der Waals surface area contributed by atoms with E-state index in [-0.39, 0.29) is 18.2 Å². The van der Waals surface area contributed by atoms with Crippen molar-refractivity contribution in [2.24, 2.45) is 0 Å². The van der Waals surface area contributed by atoms with Crippen LogP contribution in [0.5, 0.6) is 0 Å². The van der Waals surface area contributed by atoms with Crippen LogP contribution in [0.25, 0.3) is 11.0 Å². The fourth-order valence-corrected chi connectivity index (χ4v) is 1.76. The first kappa shape index (κ1) is 12.1. The second-order valence-electron chi connectivity index (χ2n) is 3.93. The summed E-state index contributed by atoms with van der Waals surface area (Å²) in [5, 5.41) is 0.815. The van der Waals surface area contributed by atoms with E-state index < -0.39 is 0 Å². The predicted molar refractivity (Wildman–Crippen MR) is 71.0 cm³/mol. The van der Waals surface area contributed by atoms with Crippen LogP contribution in [0.3, 0.4) is 0 Å². The van der Waals surface area contributed by atoms with E-state index in [1.165, 1.54) is 0 Å². The molecular weight excluding hydrogens is 228 g/mol. The average Bonchev–Trinajstić information content (AvgIpc) is 2.77. The van der Waals surface area contributed by atoms with Crippen molar-refractivity contribution in [3.8, 4) is 12.3 Å². The number of hydrogen-bond donors (Lipinski definition) is 1. The summed E-state index contributed by atoms with van der Waals surface area (Å²) in [6, 6.07) is 6.94. The third-order valence-electron chi connectivity index (χ3n) is 2.70. The normalized spacial score (nSPS) is 10.2. The standard InChI is InChI=1S/C14H14N2O2/c1-3-7-16(4-2)14(17)13-9-10-8-11(15)5-6-12(10)18-13/h1,5-6,8-9H,4,7,15H2,2H3. The molecule has 1 heterocycles. The SMILES string of the molecule is C#CCN(CC)C(=O)c1cc2cc(N)ccc2o1. The van der Waals surface area contributed by atoms with Gasteiger partial charge in [-0.1, -0.05) is 5.92 Å². The number of carbonyl (C=O) groups excluding carboxylic acids is 1. The molecule has 0 bridgehead atoms. The number of terminal acetylenes is 1. The maximum atomic E-state index is 12.1. The van der Waals surface area contributed by atoms with Crippen molar-refractivity contribution in [3.63, 3.8) is 0 Å². The van der Waals surface area contributed by atoms with E-state index in [2.05, 4.69) is 5.92 Å². The summed E-state index contributed by atoms with van der Waals surface area (Å²) < 4.78 is 5.50. The first-order valence-corrected chi connectivity index (χ1v) is 5.67. The van der Waals surface area contributed by atoms with Gasteiger partial charge in [0.1, 0.15) is 5.58 Å². The number of anilines is 1. The molecule has 0 fully saturated rings. The molecule has 2 N–H and O–H groups in total. The lowest BCUT2D eigenvalue weighted by Crippen LogP contribution is -2.30. The molecule has 0 aliphatic carbocycles. The van der Waals surface area contributed by atoms with Gasteiger partial charge < -0.3 is 15.1 Å². The molecule has 1 amide bonds. The van der Waals surface area contributed by atoms with Gasteiger partial charge in [-0.3, -0.25) is 4.79 Å². The monoisotopic (exact) mass is 242 g/mol. The van der Waals surface area contributed by atoms with E-state index in [9.17, 15) is 4.79 Å². The number of nitrogens with zero attached hydrogens (tertiary/aromatic N) is 1. The van der Waals surface area contributed by atoms with Gasteiger partial charge in [0.15, 0.2) is 5.76 Å². The first-order valence-electron chi connectivity index (χ1n) is 5.67. The zero-order chi connectivity index (χ0) is 13.1. The van der Waals surface area contributed by atoms with E-state index in [4.69, 9.17) is 16.6 Å². The van der Waals surface area contributed by atoms with Crippen LogP contribution in [0, 0.1) is 12.3 Å². The minimum atomic E-state index is -0.203. The van der Waals surface area contributed by atoms with Gasteiger partial charge in [-0.15, -0.1) is 6.42 Å². The Morgan fingerprint density at radius 3 is 2.94 bits per heavy atom. The van der Waals surface area contributed by atoms with Crippen LogP contribution in [-0.4, -0.2) is 23.9 Å². The van der Waals surface area contributed by atoms with E-state index in [1.54, 1.807) is 29.2 Å². The van der Waals surface area contributed by atoms with Gasteiger partial charge in [0, 0.05) is 17.6 Å². The Morgan fingerprint density at radius 1 is 1.50 bits per heavy atom.